The van der Waals surface area contributed by atoms with Gasteiger partial charge in [-0.3, -0.25) is 14.6 Å². The molecule has 2 heterocycles. The zero-order valence-corrected chi connectivity index (χ0v) is 12.9. The van der Waals surface area contributed by atoms with E-state index in [1.807, 2.05) is 24.3 Å². The third-order valence-corrected chi connectivity index (χ3v) is 4.39. The normalized spacial score (nSPS) is 15.7. The third kappa shape index (κ3) is 3.26. The molecular formula is C17H20N4O2. The zero-order valence-electron chi connectivity index (χ0n) is 12.9. The Labute approximate surface area is 134 Å². The lowest BCUT2D eigenvalue weighted by Crippen LogP contribution is -2.42. The maximum absolute atomic E-state index is 12.4. The van der Waals surface area contributed by atoms with Crippen LogP contribution in [0.15, 0.2) is 30.3 Å². The van der Waals surface area contributed by atoms with E-state index in [2.05, 4.69) is 4.98 Å². The van der Waals surface area contributed by atoms with Gasteiger partial charge in [0.05, 0.1) is 23.3 Å². The first-order valence-corrected chi connectivity index (χ1v) is 7.76. The molecule has 6 heteroatoms. The van der Waals surface area contributed by atoms with Gasteiger partial charge in [0.15, 0.2) is 0 Å². The second kappa shape index (κ2) is 6.24. The fourth-order valence-corrected chi connectivity index (χ4v) is 2.99. The van der Waals surface area contributed by atoms with Crippen LogP contribution in [0.3, 0.4) is 0 Å². The molecule has 0 spiro atoms. The third-order valence-electron chi connectivity index (χ3n) is 4.39. The van der Waals surface area contributed by atoms with E-state index in [-0.39, 0.29) is 24.2 Å². The maximum atomic E-state index is 12.4. The number of nitrogens with zero attached hydrogens (tertiary/aromatic N) is 2. The standard InChI is InChI=1S/C17H20N4O2/c18-14-3-1-2-11-4-5-13(20-16(11)14)10-15(22)21-8-6-12(7-9-21)17(19)23/h1-5,12H,6-10,18H2,(H2,19,23). The number of rotatable bonds is 3. The summed E-state index contributed by atoms with van der Waals surface area (Å²) in [5, 5.41) is 0.962. The Balaban J connectivity index is 1.69. The number of anilines is 1. The van der Waals surface area contributed by atoms with Crippen molar-refractivity contribution in [2.45, 2.75) is 19.3 Å². The van der Waals surface area contributed by atoms with Crippen LogP contribution in [0, 0.1) is 5.92 Å². The molecule has 120 valence electrons. The molecular weight excluding hydrogens is 292 g/mol. The van der Waals surface area contributed by atoms with E-state index in [1.54, 1.807) is 11.0 Å². The second-order valence-corrected chi connectivity index (χ2v) is 5.96. The van der Waals surface area contributed by atoms with E-state index < -0.39 is 0 Å². The molecule has 2 aromatic rings. The fraction of sp³-hybridized carbons (Fsp3) is 0.353. The van der Waals surface area contributed by atoms with E-state index in [9.17, 15) is 9.59 Å². The highest BCUT2D eigenvalue weighted by atomic mass is 16.2. The molecule has 1 aromatic heterocycles. The number of piperidine rings is 1. The molecule has 6 nitrogen and oxygen atoms in total. The van der Waals surface area contributed by atoms with Gasteiger partial charge in [0.25, 0.3) is 0 Å². The summed E-state index contributed by atoms with van der Waals surface area (Å²) in [5.41, 5.74) is 13.3. The molecule has 23 heavy (non-hydrogen) atoms. The zero-order chi connectivity index (χ0) is 16.4. The molecule has 0 saturated carbocycles. The Bertz CT molecular complexity index is 751. The minimum absolute atomic E-state index is 0.0225. The van der Waals surface area contributed by atoms with Crippen molar-refractivity contribution >= 4 is 28.4 Å². The van der Waals surface area contributed by atoms with E-state index in [4.69, 9.17) is 11.5 Å². The van der Waals surface area contributed by atoms with Crippen molar-refractivity contribution in [3.8, 4) is 0 Å². The van der Waals surface area contributed by atoms with Crippen LogP contribution in [0.4, 0.5) is 5.69 Å². The van der Waals surface area contributed by atoms with Crippen LogP contribution in [-0.4, -0.2) is 34.8 Å². The molecule has 1 fully saturated rings. The summed E-state index contributed by atoms with van der Waals surface area (Å²) in [5.74, 6) is -0.365. The first-order chi connectivity index (χ1) is 11.0. The number of nitrogen functional groups attached to an aromatic ring is 1. The smallest absolute Gasteiger partial charge is 0.228 e. The number of pyridine rings is 1. The van der Waals surface area contributed by atoms with Gasteiger partial charge in [0.2, 0.25) is 11.8 Å². The molecule has 4 N–H and O–H groups in total. The van der Waals surface area contributed by atoms with Gasteiger partial charge in [-0.25, -0.2) is 0 Å². The van der Waals surface area contributed by atoms with Crippen molar-refractivity contribution in [3.63, 3.8) is 0 Å². The molecule has 1 aromatic carbocycles. The minimum atomic E-state index is -0.274. The highest BCUT2D eigenvalue weighted by molar-refractivity contribution is 5.89. The largest absolute Gasteiger partial charge is 0.397 e. The van der Waals surface area contributed by atoms with E-state index in [0.717, 1.165) is 10.9 Å². The fourth-order valence-electron chi connectivity index (χ4n) is 2.99. The average Bonchev–Trinajstić information content (AvgIpc) is 2.55. The van der Waals surface area contributed by atoms with Gasteiger partial charge in [-0.05, 0) is 25.0 Å². The number of para-hydroxylation sites is 1. The number of primary amides is 1. The van der Waals surface area contributed by atoms with Gasteiger partial charge < -0.3 is 16.4 Å². The summed E-state index contributed by atoms with van der Waals surface area (Å²) in [6.07, 6.45) is 1.52. The number of hydrogen-bond donors (Lipinski definition) is 2. The van der Waals surface area contributed by atoms with Crippen LogP contribution >= 0.6 is 0 Å². The van der Waals surface area contributed by atoms with Crippen molar-refractivity contribution in [1.29, 1.82) is 0 Å². The number of fused-ring (bicyclic) bond motifs is 1. The van der Waals surface area contributed by atoms with Crippen molar-refractivity contribution in [2.24, 2.45) is 11.7 Å². The van der Waals surface area contributed by atoms with Crippen molar-refractivity contribution < 1.29 is 9.59 Å². The molecule has 0 radical (unpaired) electrons. The van der Waals surface area contributed by atoms with Crippen molar-refractivity contribution in [2.75, 3.05) is 18.8 Å². The predicted molar refractivity (Wildman–Crippen MR) is 88.4 cm³/mol. The van der Waals surface area contributed by atoms with Crippen LogP contribution in [0.1, 0.15) is 18.5 Å². The molecule has 1 aliphatic rings. The van der Waals surface area contributed by atoms with E-state index in [0.29, 0.717) is 37.3 Å². The number of benzene rings is 1. The molecule has 0 bridgehead atoms. The average molecular weight is 312 g/mol. The summed E-state index contributed by atoms with van der Waals surface area (Å²) in [4.78, 5) is 29.9. The van der Waals surface area contributed by atoms with E-state index in [1.165, 1.54) is 0 Å². The Morgan fingerprint density at radius 1 is 1.17 bits per heavy atom. The predicted octanol–water partition coefficient (Wildman–Crippen LogP) is 1.08. The van der Waals surface area contributed by atoms with E-state index >= 15 is 0 Å². The molecule has 3 rings (SSSR count). The summed E-state index contributed by atoms with van der Waals surface area (Å²) < 4.78 is 0. The van der Waals surface area contributed by atoms with Crippen LogP contribution in [0.25, 0.3) is 10.9 Å². The first-order valence-electron chi connectivity index (χ1n) is 7.76. The lowest BCUT2D eigenvalue weighted by Gasteiger charge is -2.30. The highest BCUT2D eigenvalue weighted by Gasteiger charge is 2.25. The Hall–Kier alpha value is -2.63. The van der Waals surface area contributed by atoms with Crippen LogP contribution < -0.4 is 11.5 Å². The first kappa shape index (κ1) is 15.3. The lowest BCUT2D eigenvalue weighted by molar-refractivity contribution is -0.134. The minimum Gasteiger partial charge on any atom is -0.397 e. The topological polar surface area (TPSA) is 102 Å². The van der Waals surface area contributed by atoms with Crippen molar-refractivity contribution in [1.82, 2.24) is 9.88 Å². The molecule has 0 aliphatic carbocycles. The SMILES string of the molecule is NC(=O)C1CCN(C(=O)Cc2ccc3cccc(N)c3n2)CC1. The van der Waals surface area contributed by atoms with Gasteiger partial charge in [0.1, 0.15) is 0 Å². The van der Waals surface area contributed by atoms with Crippen LogP contribution in [0.2, 0.25) is 0 Å². The molecule has 0 unspecified atom stereocenters. The molecule has 2 amide bonds. The van der Waals surface area contributed by atoms with Crippen molar-refractivity contribution in [3.05, 3.63) is 36.0 Å². The van der Waals surface area contributed by atoms with Crippen LogP contribution in [-0.2, 0) is 16.0 Å². The monoisotopic (exact) mass is 312 g/mol. The Morgan fingerprint density at radius 2 is 1.91 bits per heavy atom. The number of nitrogens with two attached hydrogens (primary N) is 2. The number of carbonyl (C=O) groups is 2. The van der Waals surface area contributed by atoms with Gasteiger partial charge in [0, 0.05) is 24.4 Å². The number of amides is 2. The number of hydrogen-bond acceptors (Lipinski definition) is 4. The number of carbonyl (C=O) groups excluding carboxylic acids is 2. The molecule has 0 atom stereocenters. The highest BCUT2D eigenvalue weighted by Crippen LogP contribution is 2.20. The van der Waals surface area contributed by atoms with Gasteiger partial charge in [-0.1, -0.05) is 18.2 Å². The Kier molecular flexibility index (Phi) is 4.14. The van der Waals surface area contributed by atoms with Gasteiger partial charge in [-0.15, -0.1) is 0 Å². The van der Waals surface area contributed by atoms with Crippen LogP contribution in [0.5, 0.6) is 0 Å². The summed E-state index contributed by atoms with van der Waals surface area (Å²) >= 11 is 0. The summed E-state index contributed by atoms with van der Waals surface area (Å²) in [6, 6.07) is 9.41. The van der Waals surface area contributed by atoms with Gasteiger partial charge >= 0.3 is 0 Å². The maximum Gasteiger partial charge on any atom is 0.228 e. The lowest BCUT2D eigenvalue weighted by atomic mass is 9.96. The molecule has 1 saturated heterocycles. The summed E-state index contributed by atoms with van der Waals surface area (Å²) in [7, 11) is 0. The van der Waals surface area contributed by atoms with Gasteiger partial charge in [-0.2, -0.15) is 0 Å². The second-order valence-electron chi connectivity index (χ2n) is 5.96. The Morgan fingerprint density at radius 3 is 2.61 bits per heavy atom. The number of likely N-dealkylation sites (tertiary alicyclic amines) is 1. The number of aromatic nitrogens is 1. The summed E-state index contributed by atoms with van der Waals surface area (Å²) in [6.45, 7) is 1.14. The quantitative estimate of drug-likeness (QED) is 0.828. The molecule has 1 aliphatic heterocycles.